The second-order valence-electron chi connectivity index (χ2n) is 7.58. The minimum absolute atomic E-state index is 0.0421. The van der Waals surface area contributed by atoms with Gasteiger partial charge in [-0.25, -0.2) is 9.78 Å². The van der Waals surface area contributed by atoms with E-state index in [0.717, 1.165) is 0 Å². The molecule has 0 spiro atoms. The van der Waals surface area contributed by atoms with Crippen LogP contribution in [0.3, 0.4) is 0 Å². The van der Waals surface area contributed by atoms with Gasteiger partial charge in [-0.2, -0.15) is 0 Å². The van der Waals surface area contributed by atoms with E-state index in [1.54, 1.807) is 71.8 Å². The fourth-order valence-corrected chi connectivity index (χ4v) is 3.40. The highest BCUT2D eigenvalue weighted by atomic mass is 16.6. The van der Waals surface area contributed by atoms with Crippen molar-refractivity contribution in [2.75, 3.05) is 29.1 Å². The summed E-state index contributed by atoms with van der Waals surface area (Å²) < 4.78 is 11.2. The molecule has 8 heteroatoms. The predicted octanol–water partition coefficient (Wildman–Crippen LogP) is 3.96. The van der Waals surface area contributed by atoms with Gasteiger partial charge in [-0.1, -0.05) is 25.1 Å². The number of hydrogen-bond acceptors (Lipinski definition) is 6. The van der Waals surface area contributed by atoms with Crippen LogP contribution in [0.15, 0.2) is 72.9 Å². The SMILES string of the molecule is CC1CN(c2ccc(C(=O)Nc3ccccc3N)cc2)C(=O)OC1COc1ccccn1. The van der Waals surface area contributed by atoms with Gasteiger partial charge in [-0.3, -0.25) is 9.69 Å². The lowest BCUT2D eigenvalue weighted by molar-refractivity contribution is 0.0221. The number of aromatic nitrogens is 1. The molecule has 1 aliphatic rings. The van der Waals surface area contributed by atoms with Crippen LogP contribution >= 0.6 is 0 Å². The van der Waals surface area contributed by atoms with Crippen molar-refractivity contribution in [2.24, 2.45) is 5.92 Å². The molecule has 3 N–H and O–H groups in total. The molecule has 1 aromatic heterocycles. The number of hydrogen-bond donors (Lipinski definition) is 2. The maximum atomic E-state index is 12.6. The van der Waals surface area contributed by atoms with Gasteiger partial charge in [0.15, 0.2) is 0 Å². The Morgan fingerprint density at radius 2 is 1.91 bits per heavy atom. The first kappa shape index (κ1) is 21.2. The molecule has 164 valence electrons. The molecule has 0 radical (unpaired) electrons. The number of nitrogen functional groups attached to an aromatic ring is 1. The molecule has 1 aliphatic heterocycles. The van der Waals surface area contributed by atoms with E-state index in [1.165, 1.54) is 0 Å². The van der Waals surface area contributed by atoms with Crippen molar-refractivity contribution < 1.29 is 19.1 Å². The van der Waals surface area contributed by atoms with Gasteiger partial charge < -0.3 is 20.5 Å². The van der Waals surface area contributed by atoms with Crippen molar-refractivity contribution in [1.29, 1.82) is 0 Å². The Balaban J connectivity index is 1.37. The Kier molecular flexibility index (Phi) is 6.21. The number of pyridine rings is 1. The van der Waals surface area contributed by atoms with E-state index in [0.29, 0.717) is 35.1 Å². The summed E-state index contributed by atoms with van der Waals surface area (Å²) >= 11 is 0. The molecular formula is C24H24N4O4. The van der Waals surface area contributed by atoms with Crippen LogP contribution in [-0.2, 0) is 4.74 Å². The zero-order chi connectivity index (χ0) is 22.5. The van der Waals surface area contributed by atoms with Crippen molar-refractivity contribution in [1.82, 2.24) is 4.98 Å². The van der Waals surface area contributed by atoms with Crippen molar-refractivity contribution >= 4 is 29.1 Å². The number of carbonyl (C=O) groups is 2. The van der Waals surface area contributed by atoms with Crippen molar-refractivity contribution in [3.63, 3.8) is 0 Å². The zero-order valence-corrected chi connectivity index (χ0v) is 17.6. The molecule has 2 unspecified atom stereocenters. The second-order valence-corrected chi connectivity index (χ2v) is 7.58. The molecule has 3 aromatic rings. The van der Waals surface area contributed by atoms with Crippen LogP contribution in [-0.4, -0.2) is 36.2 Å². The summed E-state index contributed by atoms with van der Waals surface area (Å²) in [6, 6.07) is 19.2. The minimum atomic E-state index is -0.452. The van der Waals surface area contributed by atoms with Gasteiger partial charge in [0.25, 0.3) is 5.91 Å². The average Bonchev–Trinajstić information content (AvgIpc) is 2.81. The fraction of sp³-hybridized carbons (Fsp3) is 0.208. The zero-order valence-electron chi connectivity index (χ0n) is 17.6. The number of rotatable bonds is 6. The summed E-state index contributed by atoms with van der Waals surface area (Å²) in [7, 11) is 0. The van der Waals surface area contributed by atoms with Crippen LogP contribution in [0.4, 0.5) is 21.9 Å². The first-order valence-electron chi connectivity index (χ1n) is 10.3. The molecule has 4 rings (SSSR count). The molecule has 0 aliphatic carbocycles. The molecule has 2 atom stereocenters. The van der Waals surface area contributed by atoms with Gasteiger partial charge in [0.2, 0.25) is 5.88 Å². The summed E-state index contributed by atoms with van der Waals surface area (Å²) in [5, 5.41) is 2.79. The summed E-state index contributed by atoms with van der Waals surface area (Å²) in [5.41, 5.74) is 8.03. The average molecular weight is 432 g/mol. The number of cyclic esters (lactones) is 1. The number of para-hydroxylation sites is 2. The lowest BCUT2D eigenvalue weighted by Gasteiger charge is -2.36. The Labute approximate surface area is 186 Å². The summed E-state index contributed by atoms with van der Waals surface area (Å²) in [6.07, 6.45) is 0.820. The highest BCUT2D eigenvalue weighted by molar-refractivity contribution is 6.06. The Morgan fingerprint density at radius 3 is 2.62 bits per heavy atom. The minimum Gasteiger partial charge on any atom is -0.474 e. The van der Waals surface area contributed by atoms with E-state index in [-0.39, 0.29) is 24.5 Å². The topological polar surface area (TPSA) is 107 Å². The van der Waals surface area contributed by atoms with Crippen LogP contribution < -0.4 is 20.7 Å². The van der Waals surface area contributed by atoms with Crippen LogP contribution in [0.2, 0.25) is 0 Å². The highest BCUT2D eigenvalue weighted by Gasteiger charge is 2.34. The number of nitrogens with zero attached hydrogens (tertiary/aromatic N) is 2. The van der Waals surface area contributed by atoms with E-state index in [9.17, 15) is 9.59 Å². The molecule has 2 heterocycles. The van der Waals surface area contributed by atoms with Crippen molar-refractivity contribution in [3.8, 4) is 5.88 Å². The predicted molar refractivity (Wildman–Crippen MR) is 122 cm³/mol. The van der Waals surface area contributed by atoms with Gasteiger partial charge in [0, 0.05) is 36.0 Å². The molecule has 0 saturated carbocycles. The molecule has 0 bridgehead atoms. The monoisotopic (exact) mass is 432 g/mol. The maximum absolute atomic E-state index is 12.6. The van der Waals surface area contributed by atoms with Gasteiger partial charge in [-0.05, 0) is 42.5 Å². The number of amides is 2. The normalized spacial score (nSPS) is 18.0. The molecule has 32 heavy (non-hydrogen) atoms. The number of anilines is 3. The van der Waals surface area contributed by atoms with E-state index >= 15 is 0 Å². The van der Waals surface area contributed by atoms with Gasteiger partial charge in [0.1, 0.15) is 12.7 Å². The van der Waals surface area contributed by atoms with Crippen LogP contribution in [0.1, 0.15) is 17.3 Å². The number of ether oxygens (including phenoxy) is 2. The van der Waals surface area contributed by atoms with E-state index < -0.39 is 6.09 Å². The Bertz CT molecular complexity index is 1090. The molecule has 1 saturated heterocycles. The van der Waals surface area contributed by atoms with Gasteiger partial charge >= 0.3 is 6.09 Å². The summed E-state index contributed by atoms with van der Waals surface area (Å²) in [6.45, 7) is 2.71. The van der Waals surface area contributed by atoms with Crippen LogP contribution in [0, 0.1) is 5.92 Å². The van der Waals surface area contributed by atoms with Crippen LogP contribution in [0.25, 0.3) is 0 Å². The smallest absolute Gasteiger partial charge is 0.414 e. The van der Waals surface area contributed by atoms with Crippen molar-refractivity contribution in [3.05, 3.63) is 78.5 Å². The summed E-state index contributed by atoms with van der Waals surface area (Å²) in [5.74, 6) is 0.250. The Hall–Kier alpha value is -4.07. The van der Waals surface area contributed by atoms with E-state index in [2.05, 4.69) is 10.3 Å². The number of nitrogens with one attached hydrogen (secondary N) is 1. The molecule has 8 nitrogen and oxygen atoms in total. The van der Waals surface area contributed by atoms with Crippen molar-refractivity contribution in [2.45, 2.75) is 13.0 Å². The molecule has 2 amide bonds. The molecule has 1 fully saturated rings. The van der Waals surface area contributed by atoms with E-state index in [1.807, 2.05) is 13.0 Å². The quantitative estimate of drug-likeness (QED) is 0.571. The highest BCUT2D eigenvalue weighted by Crippen LogP contribution is 2.26. The number of nitrogens with two attached hydrogens (primary N) is 1. The fourth-order valence-electron chi connectivity index (χ4n) is 3.40. The lowest BCUT2D eigenvalue weighted by atomic mass is 10.0. The number of carbonyl (C=O) groups excluding carboxylic acids is 2. The Morgan fingerprint density at radius 1 is 1.16 bits per heavy atom. The summed E-state index contributed by atoms with van der Waals surface area (Å²) in [4.78, 5) is 30.8. The second kappa shape index (κ2) is 9.38. The first-order chi connectivity index (χ1) is 15.5. The van der Waals surface area contributed by atoms with Gasteiger partial charge in [0.05, 0.1) is 11.4 Å². The van der Waals surface area contributed by atoms with E-state index in [4.69, 9.17) is 15.2 Å². The standard InChI is InChI=1S/C24H24N4O4/c1-16-14-28(24(30)32-21(16)15-31-22-8-4-5-13-26-22)18-11-9-17(10-12-18)23(29)27-20-7-3-2-6-19(20)25/h2-13,16,21H,14-15,25H2,1H3,(H,27,29). The van der Waals surface area contributed by atoms with Crippen LogP contribution in [0.5, 0.6) is 5.88 Å². The number of benzene rings is 2. The largest absolute Gasteiger partial charge is 0.474 e. The van der Waals surface area contributed by atoms with Gasteiger partial charge in [-0.15, -0.1) is 0 Å². The first-order valence-corrected chi connectivity index (χ1v) is 10.3. The molecular weight excluding hydrogens is 408 g/mol. The molecule has 2 aromatic carbocycles. The third-order valence-electron chi connectivity index (χ3n) is 5.26. The third kappa shape index (κ3) is 4.80. The maximum Gasteiger partial charge on any atom is 0.414 e. The third-order valence-corrected chi connectivity index (χ3v) is 5.26. The lowest BCUT2D eigenvalue weighted by Crippen LogP contribution is -2.49.